The number of carbonyl (C=O) groups excluding carboxylic acids is 2. The van der Waals surface area contributed by atoms with Gasteiger partial charge in [-0.25, -0.2) is 0 Å². The van der Waals surface area contributed by atoms with Crippen molar-refractivity contribution in [2.24, 2.45) is 11.8 Å². The molecule has 8 heteroatoms. The number of carbonyl (C=O) groups is 2. The fourth-order valence-corrected chi connectivity index (χ4v) is 3.39. The molecule has 0 aromatic carbocycles. The Morgan fingerprint density at radius 1 is 0.941 bits per heavy atom. The van der Waals surface area contributed by atoms with Gasteiger partial charge in [-0.3, -0.25) is 9.59 Å². The molecule has 7 nitrogen and oxygen atoms in total. The third kappa shape index (κ3) is 19.4. The van der Waals surface area contributed by atoms with E-state index in [4.69, 9.17) is 23.7 Å². The molecule has 34 heavy (non-hydrogen) atoms. The molecule has 1 aliphatic rings. The number of hydrogen-bond donors (Lipinski definition) is 0. The molecule has 0 amide bonds. The molecule has 1 rings (SSSR count). The average Bonchev–Trinajstić information content (AvgIpc) is 3.10. The van der Waals surface area contributed by atoms with Crippen LogP contribution in [0.15, 0.2) is 12.2 Å². The molecule has 0 aromatic rings. The average molecular weight is 505 g/mol. The second-order valence-electron chi connectivity index (χ2n) is 9.12. The van der Waals surface area contributed by atoms with Crippen molar-refractivity contribution in [1.82, 2.24) is 0 Å². The van der Waals surface area contributed by atoms with Gasteiger partial charge in [-0.2, -0.15) is 11.8 Å². The van der Waals surface area contributed by atoms with Gasteiger partial charge in [0.25, 0.3) is 0 Å². The number of allylic oxidation sites excluding steroid dienone is 2. The van der Waals surface area contributed by atoms with Crippen LogP contribution in [-0.4, -0.2) is 82.7 Å². The van der Waals surface area contributed by atoms with Crippen LogP contribution in [0.3, 0.4) is 0 Å². The molecule has 1 aliphatic carbocycles. The van der Waals surface area contributed by atoms with Crippen molar-refractivity contribution in [1.29, 1.82) is 0 Å². The van der Waals surface area contributed by atoms with Gasteiger partial charge in [-0.15, -0.1) is 0 Å². The van der Waals surface area contributed by atoms with Gasteiger partial charge in [0.15, 0.2) is 0 Å². The van der Waals surface area contributed by atoms with E-state index in [1.807, 2.05) is 33.3 Å². The maximum Gasteiger partial charge on any atom is 0.306 e. The molecule has 0 spiro atoms. The molecule has 0 aromatic heterocycles. The summed E-state index contributed by atoms with van der Waals surface area (Å²) >= 11 is 1.75. The third-order valence-corrected chi connectivity index (χ3v) is 4.96. The minimum Gasteiger partial charge on any atom is -0.463 e. The van der Waals surface area contributed by atoms with Gasteiger partial charge in [0.1, 0.15) is 12.4 Å². The third-order valence-electron chi connectivity index (χ3n) is 4.96. The van der Waals surface area contributed by atoms with E-state index in [1.54, 1.807) is 11.8 Å². The first-order valence-electron chi connectivity index (χ1n) is 12.4. The van der Waals surface area contributed by atoms with E-state index in [0.29, 0.717) is 59.1 Å². The monoisotopic (exact) mass is 504 g/mol. The zero-order valence-corrected chi connectivity index (χ0v) is 23.1. The van der Waals surface area contributed by atoms with Gasteiger partial charge < -0.3 is 23.7 Å². The lowest BCUT2D eigenvalue weighted by Crippen LogP contribution is -2.22. The van der Waals surface area contributed by atoms with Crippen molar-refractivity contribution >= 4 is 23.5 Å². The van der Waals surface area contributed by atoms with Crippen molar-refractivity contribution in [2.45, 2.75) is 65.4 Å². The van der Waals surface area contributed by atoms with E-state index in [9.17, 15) is 9.59 Å². The number of esters is 1. The van der Waals surface area contributed by atoms with Crippen LogP contribution in [0.4, 0.5) is 0 Å². The Bertz CT molecular complexity index is 546. The number of Topliss-reactive ketones (excluding diaryl/α,β-unsaturated/α-hetero) is 1. The predicted octanol–water partition coefficient (Wildman–Crippen LogP) is 4.72. The normalized spacial score (nSPS) is 18.2. The lowest BCUT2D eigenvalue weighted by Gasteiger charge is -2.19. The van der Waals surface area contributed by atoms with Crippen LogP contribution in [0.2, 0.25) is 0 Å². The molecule has 0 aliphatic heterocycles. The first-order chi connectivity index (χ1) is 16.2. The lowest BCUT2D eigenvalue weighted by molar-refractivity contribution is -0.146. The summed E-state index contributed by atoms with van der Waals surface area (Å²) in [4.78, 5) is 24.1. The Kier molecular flexibility index (Phi) is 20.8. The molecule has 200 valence electrons. The van der Waals surface area contributed by atoms with E-state index in [-0.39, 0.29) is 35.8 Å². The van der Waals surface area contributed by atoms with E-state index in [2.05, 4.69) is 19.1 Å². The van der Waals surface area contributed by atoms with Gasteiger partial charge in [0, 0.05) is 18.8 Å². The summed E-state index contributed by atoms with van der Waals surface area (Å²) in [6, 6.07) is 0. The Morgan fingerprint density at radius 2 is 1.47 bits per heavy atom. The van der Waals surface area contributed by atoms with E-state index >= 15 is 0 Å². The van der Waals surface area contributed by atoms with Crippen LogP contribution >= 0.6 is 11.8 Å². The van der Waals surface area contributed by atoms with E-state index < -0.39 is 0 Å². The maximum absolute atomic E-state index is 12.1. The first kappa shape index (κ1) is 33.1. The van der Waals surface area contributed by atoms with Gasteiger partial charge in [0.05, 0.1) is 51.8 Å². The summed E-state index contributed by atoms with van der Waals surface area (Å²) in [5.41, 5.74) is -0.144. The van der Waals surface area contributed by atoms with Crippen molar-refractivity contribution < 1.29 is 33.3 Å². The van der Waals surface area contributed by atoms with Gasteiger partial charge >= 0.3 is 5.97 Å². The SMILES string of the molecule is CC/C=C\CC1C(=O)CCC1CC(=O)OCCOCCOCCOCCOC(C)(C)C.CSC. The van der Waals surface area contributed by atoms with Gasteiger partial charge in [-0.1, -0.05) is 19.1 Å². The minimum atomic E-state index is -0.253. The largest absolute Gasteiger partial charge is 0.463 e. The van der Waals surface area contributed by atoms with Crippen LogP contribution in [0, 0.1) is 11.8 Å². The number of ether oxygens (including phenoxy) is 5. The number of thioether (sulfide) groups is 1. The van der Waals surface area contributed by atoms with Crippen LogP contribution in [0.5, 0.6) is 0 Å². The topological polar surface area (TPSA) is 80.3 Å². The summed E-state index contributed by atoms with van der Waals surface area (Å²) in [6.07, 6.45) is 11.5. The van der Waals surface area contributed by atoms with Crippen LogP contribution in [0.25, 0.3) is 0 Å². The molecule has 2 atom stereocenters. The Morgan fingerprint density at radius 3 is 2.00 bits per heavy atom. The summed E-state index contributed by atoms with van der Waals surface area (Å²) in [7, 11) is 0. The summed E-state index contributed by atoms with van der Waals surface area (Å²) in [5.74, 6) is 0.0685. The van der Waals surface area contributed by atoms with Crippen molar-refractivity contribution in [3.8, 4) is 0 Å². The number of ketones is 1. The summed E-state index contributed by atoms with van der Waals surface area (Å²) < 4.78 is 27.1. The second-order valence-corrected chi connectivity index (χ2v) is 9.93. The molecule has 2 unspecified atom stereocenters. The lowest BCUT2D eigenvalue weighted by atomic mass is 9.89. The summed E-state index contributed by atoms with van der Waals surface area (Å²) in [6.45, 7) is 11.7. The highest BCUT2D eigenvalue weighted by Crippen LogP contribution is 2.34. The maximum atomic E-state index is 12.1. The summed E-state index contributed by atoms with van der Waals surface area (Å²) in [5, 5.41) is 0. The molecular formula is C26H48O7S. The number of hydrogen-bond acceptors (Lipinski definition) is 8. The van der Waals surface area contributed by atoms with Gasteiger partial charge in [0.2, 0.25) is 0 Å². The molecule has 1 saturated carbocycles. The molecule has 0 heterocycles. The van der Waals surface area contributed by atoms with Crippen LogP contribution in [-0.2, 0) is 33.3 Å². The highest BCUT2D eigenvalue weighted by molar-refractivity contribution is 7.97. The van der Waals surface area contributed by atoms with Crippen LogP contribution in [0.1, 0.15) is 59.8 Å². The van der Waals surface area contributed by atoms with Crippen molar-refractivity contribution in [2.75, 3.05) is 65.4 Å². The fourth-order valence-electron chi connectivity index (χ4n) is 3.39. The zero-order valence-electron chi connectivity index (χ0n) is 22.3. The quantitative estimate of drug-likeness (QED) is 0.160. The van der Waals surface area contributed by atoms with Gasteiger partial charge in [-0.05, 0) is 58.5 Å². The standard InChI is InChI=1S/C24H42O7.C2H6S/c1-5-6-7-8-21-20(9-10-22(21)25)19-23(26)30-17-15-28-13-11-27-12-14-29-16-18-31-24(2,3)4;1-3-2/h6-7,20-21H,5,8-19H2,1-4H3;1-2H3/b7-6-;. The van der Waals surface area contributed by atoms with Crippen molar-refractivity contribution in [3.63, 3.8) is 0 Å². The number of rotatable bonds is 17. The second kappa shape index (κ2) is 21.4. The molecule has 0 saturated heterocycles. The molecular weight excluding hydrogens is 456 g/mol. The zero-order chi connectivity index (χ0) is 25.7. The predicted molar refractivity (Wildman–Crippen MR) is 138 cm³/mol. The smallest absolute Gasteiger partial charge is 0.306 e. The Hall–Kier alpha value is -0.930. The highest BCUT2D eigenvalue weighted by Gasteiger charge is 2.35. The molecule has 0 bridgehead atoms. The first-order valence-corrected chi connectivity index (χ1v) is 14.0. The van der Waals surface area contributed by atoms with Crippen molar-refractivity contribution in [3.05, 3.63) is 12.2 Å². The van der Waals surface area contributed by atoms with Crippen LogP contribution < -0.4 is 0 Å². The van der Waals surface area contributed by atoms with E-state index in [1.165, 1.54) is 0 Å². The molecule has 1 fully saturated rings. The molecule has 0 radical (unpaired) electrons. The Labute approximate surface area is 211 Å². The highest BCUT2D eigenvalue weighted by atomic mass is 32.2. The fraction of sp³-hybridized carbons (Fsp3) is 0.846. The molecule has 0 N–H and O–H groups in total. The Balaban J connectivity index is 0.00000343. The minimum absolute atomic E-state index is 0.0428. The van der Waals surface area contributed by atoms with E-state index in [0.717, 1.165) is 19.3 Å².